The average Bonchev–Trinajstić information content (AvgIpc) is 2.71. The molecule has 0 saturated carbocycles. The molecule has 3 amide bonds. The number of ketones is 1. The topological polar surface area (TPSA) is 124 Å². The molecule has 196 valence electrons. The summed E-state index contributed by atoms with van der Waals surface area (Å²) >= 11 is 5.73. The highest BCUT2D eigenvalue weighted by atomic mass is 35.5. The van der Waals surface area contributed by atoms with E-state index in [2.05, 4.69) is 10.3 Å². The fourth-order valence-corrected chi connectivity index (χ4v) is 2.73. The molecule has 1 atom stereocenters. The minimum Gasteiger partial charge on any atom is -0.443 e. The van der Waals surface area contributed by atoms with Gasteiger partial charge in [-0.2, -0.15) is 4.90 Å². The lowest BCUT2D eigenvalue weighted by Crippen LogP contribution is -2.51. The van der Waals surface area contributed by atoms with Crippen LogP contribution in [-0.4, -0.2) is 64.7 Å². The molecule has 1 rings (SSSR count). The van der Waals surface area contributed by atoms with Crippen molar-refractivity contribution in [2.75, 3.05) is 17.9 Å². The number of Topliss-reactive ketones (excluding diaryl/α,β-unsaturated/α-hetero) is 1. The fourth-order valence-electron chi connectivity index (χ4n) is 2.55. The quantitative estimate of drug-likeness (QED) is 0.517. The van der Waals surface area contributed by atoms with Crippen LogP contribution in [0, 0.1) is 0 Å². The molecule has 1 heterocycles. The fraction of sp³-hybridized carbons (Fsp3) is 0.625. The van der Waals surface area contributed by atoms with Crippen LogP contribution in [0.2, 0.25) is 0 Å². The standard InChI is InChI=1S/C24H36ClN3O7/c1-22(2,3)34-20(31)28(21(32)35-23(4,5)6)18-11-10-15(14-26-18)12-16(17(29)13-25)27-19(30)24(7,8)33-9/h10-11,14,16H,12-13H2,1-9H3,(H,27,30). The van der Waals surface area contributed by atoms with Gasteiger partial charge in [-0.05, 0) is 67.0 Å². The Hall–Kier alpha value is -2.72. The van der Waals surface area contributed by atoms with Gasteiger partial charge in [-0.1, -0.05) is 6.07 Å². The third-order valence-electron chi connectivity index (χ3n) is 4.51. The molecule has 0 radical (unpaired) electrons. The summed E-state index contributed by atoms with van der Waals surface area (Å²) in [6, 6.07) is 2.08. The predicted molar refractivity (Wildman–Crippen MR) is 132 cm³/mol. The van der Waals surface area contributed by atoms with E-state index in [0.717, 1.165) is 0 Å². The summed E-state index contributed by atoms with van der Waals surface area (Å²) in [5.74, 6) is -1.19. The molecule has 0 spiro atoms. The molecule has 0 aliphatic heterocycles. The average molecular weight is 514 g/mol. The Morgan fingerprint density at radius 2 is 1.49 bits per heavy atom. The smallest absolute Gasteiger partial charge is 0.425 e. The van der Waals surface area contributed by atoms with Crippen LogP contribution < -0.4 is 10.2 Å². The Labute approximate surface area is 211 Å². The molecule has 0 aliphatic rings. The van der Waals surface area contributed by atoms with E-state index in [0.29, 0.717) is 10.5 Å². The normalized spacial score (nSPS) is 13.0. The molecule has 0 saturated heterocycles. The summed E-state index contributed by atoms with van der Waals surface area (Å²) in [5, 5.41) is 2.65. The van der Waals surface area contributed by atoms with Crippen molar-refractivity contribution in [2.45, 2.75) is 84.7 Å². The molecule has 0 aliphatic carbocycles. The minimum absolute atomic E-state index is 0.0259. The lowest BCUT2D eigenvalue weighted by atomic mass is 10.0. The maximum Gasteiger partial charge on any atom is 0.425 e. The van der Waals surface area contributed by atoms with Gasteiger partial charge >= 0.3 is 12.2 Å². The van der Waals surface area contributed by atoms with Crippen molar-refractivity contribution in [3.63, 3.8) is 0 Å². The van der Waals surface area contributed by atoms with Crippen LogP contribution >= 0.6 is 11.6 Å². The number of hydrogen-bond acceptors (Lipinski definition) is 8. The number of ether oxygens (including phenoxy) is 3. The molecule has 0 fully saturated rings. The zero-order valence-electron chi connectivity index (χ0n) is 21.9. The monoisotopic (exact) mass is 513 g/mol. The van der Waals surface area contributed by atoms with Gasteiger partial charge in [-0.25, -0.2) is 14.6 Å². The van der Waals surface area contributed by atoms with Crippen molar-refractivity contribution in [1.29, 1.82) is 0 Å². The number of methoxy groups -OCH3 is 1. The molecular formula is C24H36ClN3O7. The Kier molecular flexibility index (Phi) is 10.2. The molecule has 0 aromatic carbocycles. The first-order chi connectivity index (χ1) is 15.9. The second-order valence-electron chi connectivity index (χ2n) is 10.4. The highest BCUT2D eigenvalue weighted by molar-refractivity contribution is 6.28. The molecule has 0 bridgehead atoms. The summed E-state index contributed by atoms with van der Waals surface area (Å²) in [7, 11) is 1.39. The molecule has 1 aromatic heterocycles. The van der Waals surface area contributed by atoms with E-state index in [1.54, 1.807) is 61.5 Å². The number of alkyl halides is 1. The Bertz CT molecular complexity index is 891. The first-order valence-electron chi connectivity index (χ1n) is 11.1. The Morgan fingerprint density at radius 1 is 0.971 bits per heavy atom. The van der Waals surface area contributed by atoms with Crippen LogP contribution in [0.25, 0.3) is 0 Å². The SMILES string of the molecule is COC(C)(C)C(=O)NC(Cc1ccc(N(C(=O)OC(C)(C)C)C(=O)OC(C)(C)C)nc1)C(=O)CCl. The number of nitrogens with zero attached hydrogens (tertiary/aromatic N) is 2. The minimum atomic E-state index is -1.14. The van der Waals surface area contributed by atoms with Gasteiger partial charge in [0.15, 0.2) is 5.78 Å². The lowest BCUT2D eigenvalue weighted by Gasteiger charge is -2.28. The van der Waals surface area contributed by atoms with Crippen LogP contribution in [0.3, 0.4) is 0 Å². The summed E-state index contributed by atoms with van der Waals surface area (Å²) in [6.45, 7) is 13.2. The Balaban J connectivity index is 3.21. The number of rotatable bonds is 8. The third kappa shape index (κ3) is 9.81. The predicted octanol–water partition coefficient (Wildman–Crippen LogP) is 4.02. The summed E-state index contributed by atoms with van der Waals surface area (Å²) in [5.41, 5.74) is -2.31. The van der Waals surface area contributed by atoms with Crippen LogP contribution in [0.4, 0.5) is 15.4 Å². The van der Waals surface area contributed by atoms with Gasteiger partial charge in [0.1, 0.15) is 22.6 Å². The molecule has 35 heavy (non-hydrogen) atoms. The maximum atomic E-state index is 12.8. The van der Waals surface area contributed by atoms with Gasteiger partial charge in [0.05, 0.1) is 11.9 Å². The van der Waals surface area contributed by atoms with Crippen molar-refractivity contribution < 1.29 is 33.4 Å². The second kappa shape index (κ2) is 11.8. The van der Waals surface area contributed by atoms with E-state index in [1.165, 1.54) is 19.4 Å². The van der Waals surface area contributed by atoms with E-state index in [-0.39, 0.29) is 23.9 Å². The highest BCUT2D eigenvalue weighted by Gasteiger charge is 2.34. The van der Waals surface area contributed by atoms with Gasteiger partial charge in [0.25, 0.3) is 5.91 Å². The van der Waals surface area contributed by atoms with Crippen LogP contribution in [-0.2, 0) is 30.2 Å². The molecule has 1 unspecified atom stereocenters. The van der Waals surface area contributed by atoms with Gasteiger partial charge in [0.2, 0.25) is 0 Å². The summed E-state index contributed by atoms with van der Waals surface area (Å²) in [4.78, 5) is 55.3. The maximum absolute atomic E-state index is 12.8. The van der Waals surface area contributed by atoms with E-state index in [4.69, 9.17) is 25.8 Å². The number of carbonyl (C=O) groups is 4. The van der Waals surface area contributed by atoms with Gasteiger partial charge < -0.3 is 19.5 Å². The van der Waals surface area contributed by atoms with Crippen molar-refractivity contribution >= 4 is 41.3 Å². The number of carbonyl (C=O) groups excluding carboxylic acids is 4. The van der Waals surface area contributed by atoms with E-state index in [9.17, 15) is 19.2 Å². The van der Waals surface area contributed by atoms with Crippen LogP contribution in [0.1, 0.15) is 61.0 Å². The van der Waals surface area contributed by atoms with Gasteiger partial charge in [0, 0.05) is 19.7 Å². The highest BCUT2D eigenvalue weighted by Crippen LogP contribution is 2.21. The van der Waals surface area contributed by atoms with E-state index in [1.807, 2.05) is 0 Å². The molecule has 11 heteroatoms. The first-order valence-corrected chi connectivity index (χ1v) is 11.6. The molecule has 10 nitrogen and oxygen atoms in total. The van der Waals surface area contributed by atoms with Gasteiger partial charge in [-0.3, -0.25) is 9.59 Å². The zero-order chi connectivity index (χ0) is 27.2. The van der Waals surface area contributed by atoms with Crippen molar-refractivity contribution in [3.8, 4) is 0 Å². The number of aromatic nitrogens is 1. The van der Waals surface area contributed by atoms with Crippen molar-refractivity contribution in [1.82, 2.24) is 10.3 Å². The van der Waals surface area contributed by atoms with Gasteiger partial charge in [-0.15, -0.1) is 11.6 Å². The largest absolute Gasteiger partial charge is 0.443 e. The second-order valence-corrected chi connectivity index (χ2v) is 10.6. The van der Waals surface area contributed by atoms with E-state index >= 15 is 0 Å². The molecule has 1 N–H and O–H groups in total. The molecule has 1 aromatic rings. The third-order valence-corrected chi connectivity index (χ3v) is 4.78. The Morgan fingerprint density at radius 3 is 1.86 bits per heavy atom. The first kappa shape index (κ1) is 30.3. The van der Waals surface area contributed by atoms with Crippen LogP contribution in [0.15, 0.2) is 18.3 Å². The van der Waals surface area contributed by atoms with E-state index < -0.39 is 40.9 Å². The number of hydrogen-bond donors (Lipinski definition) is 1. The number of halogens is 1. The lowest BCUT2D eigenvalue weighted by molar-refractivity contribution is -0.141. The number of imide groups is 1. The van der Waals surface area contributed by atoms with Crippen LogP contribution in [0.5, 0.6) is 0 Å². The number of amides is 3. The number of pyridine rings is 1. The summed E-state index contributed by atoms with van der Waals surface area (Å²) in [6.07, 6.45) is -0.421. The zero-order valence-corrected chi connectivity index (χ0v) is 22.6. The number of anilines is 1. The number of nitrogens with one attached hydrogen (secondary N) is 1. The van der Waals surface area contributed by atoms with Crippen molar-refractivity contribution in [2.24, 2.45) is 0 Å². The summed E-state index contributed by atoms with van der Waals surface area (Å²) < 4.78 is 15.8. The molecular weight excluding hydrogens is 478 g/mol. The van der Waals surface area contributed by atoms with Crippen molar-refractivity contribution in [3.05, 3.63) is 23.9 Å².